The van der Waals surface area contributed by atoms with Gasteiger partial charge >= 0.3 is 0 Å². The molecule has 0 aliphatic carbocycles. The molecule has 2 N–H and O–H groups in total. The standard InChI is InChI=1S/C24H34N4O3.HI/c1-5-31-17-19-8-6-18(7-9-19)15-26-24(25-2)27-20-10-11-28(16-20)21-12-22(29-3)14-23(13-21)30-4;/h6-9,12-14,20H,5,10-11,15-17H2,1-4H3,(H2,25,26,27);1H. The van der Waals surface area contributed by atoms with Crippen molar-refractivity contribution in [2.45, 2.75) is 32.5 Å². The van der Waals surface area contributed by atoms with Crippen molar-refractivity contribution in [2.24, 2.45) is 4.99 Å². The van der Waals surface area contributed by atoms with Gasteiger partial charge in [-0.3, -0.25) is 4.99 Å². The first kappa shape index (κ1) is 26.1. The highest BCUT2D eigenvalue weighted by molar-refractivity contribution is 14.0. The molecule has 0 bridgehead atoms. The molecule has 7 nitrogen and oxygen atoms in total. The second kappa shape index (κ2) is 13.4. The minimum absolute atomic E-state index is 0. The number of ether oxygens (including phenoxy) is 3. The molecule has 1 aliphatic rings. The first-order valence-corrected chi connectivity index (χ1v) is 10.8. The van der Waals surface area contributed by atoms with Crippen LogP contribution in [0.1, 0.15) is 24.5 Å². The number of aliphatic imine (C=N–C) groups is 1. The van der Waals surface area contributed by atoms with Crippen molar-refractivity contribution >= 4 is 35.6 Å². The van der Waals surface area contributed by atoms with Gasteiger partial charge in [-0.15, -0.1) is 24.0 Å². The zero-order chi connectivity index (χ0) is 22.1. The lowest BCUT2D eigenvalue weighted by Gasteiger charge is -2.21. The van der Waals surface area contributed by atoms with Gasteiger partial charge in [0.05, 0.1) is 20.8 Å². The zero-order valence-electron chi connectivity index (χ0n) is 19.4. The number of hydrogen-bond acceptors (Lipinski definition) is 5. The fourth-order valence-electron chi connectivity index (χ4n) is 3.63. The van der Waals surface area contributed by atoms with Crippen LogP contribution in [0.2, 0.25) is 0 Å². The number of methoxy groups -OCH3 is 2. The Balaban J connectivity index is 0.00000363. The first-order chi connectivity index (χ1) is 15.1. The van der Waals surface area contributed by atoms with Crippen molar-refractivity contribution < 1.29 is 14.2 Å². The topological polar surface area (TPSA) is 67.4 Å². The van der Waals surface area contributed by atoms with E-state index < -0.39 is 0 Å². The van der Waals surface area contributed by atoms with Crippen LogP contribution < -0.4 is 25.0 Å². The summed E-state index contributed by atoms with van der Waals surface area (Å²) in [4.78, 5) is 6.73. The molecule has 2 aromatic carbocycles. The molecular weight excluding hydrogens is 519 g/mol. The highest BCUT2D eigenvalue weighted by Crippen LogP contribution is 2.30. The number of guanidine groups is 1. The first-order valence-electron chi connectivity index (χ1n) is 10.8. The van der Waals surface area contributed by atoms with Gasteiger partial charge in [0, 0.05) is 63.2 Å². The van der Waals surface area contributed by atoms with Crippen LogP contribution in [0.25, 0.3) is 0 Å². The van der Waals surface area contributed by atoms with Gasteiger partial charge in [-0.05, 0) is 24.5 Å². The lowest BCUT2D eigenvalue weighted by Crippen LogP contribution is -2.44. The maximum Gasteiger partial charge on any atom is 0.191 e. The number of nitrogens with zero attached hydrogens (tertiary/aromatic N) is 2. The van der Waals surface area contributed by atoms with E-state index in [0.717, 1.165) is 55.8 Å². The summed E-state index contributed by atoms with van der Waals surface area (Å²) in [7, 11) is 5.16. The number of halogens is 1. The molecule has 32 heavy (non-hydrogen) atoms. The van der Waals surface area contributed by atoms with Gasteiger partial charge in [0.2, 0.25) is 0 Å². The Morgan fingerprint density at radius 1 is 1.06 bits per heavy atom. The summed E-state index contributed by atoms with van der Waals surface area (Å²) in [5.74, 6) is 2.42. The highest BCUT2D eigenvalue weighted by atomic mass is 127. The molecule has 3 rings (SSSR count). The summed E-state index contributed by atoms with van der Waals surface area (Å²) >= 11 is 0. The van der Waals surface area contributed by atoms with Crippen LogP contribution >= 0.6 is 24.0 Å². The lowest BCUT2D eigenvalue weighted by molar-refractivity contribution is 0.134. The van der Waals surface area contributed by atoms with E-state index in [-0.39, 0.29) is 24.0 Å². The third-order valence-electron chi connectivity index (χ3n) is 5.41. The molecule has 0 radical (unpaired) electrons. The van der Waals surface area contributed by atoms with Crippen molar-refractivity contribution in [3.05, 3.63) is 53.6 Å². The highest BCUT2D eigenvalue weighted by Gasteiger charge is 2.24. The van der Waals surface area contributed by atoms with Crippen molar-refractivity contribution in [2.75, 3.05) is 45.9 Å². The number of benzene rings is 2. The van der Waals surface area contributed by atoms with E-state index in [9.17, 15) is 0 Å². The zero-order valence-corrected chi connectivity index (χ0v) is 21.7. The van der Waals surface area contributed by atoms with Crippen LogP contribution in [0.4, 0.5) is 5.69 Å². The van der Waals surface area contributed by atoms with Gasteiger partial charge in [-0.2, -0.15) is 0 Å². The Labute approximate surface area is 208 Å². The van der Waals surface area contributed by atoms with E-state index in [2.05, 4.69) is 44.8 Å². The summed E-state index contributed by atoms with van der Waals surface area (Å²) in [6.07, 6.45) is 1.03. The van der Waals surface area contributed by atoms with Crippen molar-refractivity contribution in [3.63, 3.8) is 0 Å². The van der Waals surface area contributed by atoms with Gasteiger partial charge in [0.25, 0.3) is 0 Å². The molecule has 2 aromatic rings. The Hall–Kier alpha value is -2.20. The van der Waals surface area contributed by atoms with Gasteiger partial charge in [0.15, 0.2) is 5.96 Å². The van der Waals surface area contributed by atoms with Gasteiger partial charge in [0.1, 0.15) is 11.5 Å². The molecule has 0 aromatic heterocycles. The van der Waals surface area contributed by atoms with Crippen LogP contribution in [0.5, 0.6) is 11.5 Å². The molecule has 8 heteroatoms. The number of rotatable bonds is 9. The van der Waals surface area contributed by atoms with Gasteiger partial charge < -0.3 is 29.7 Å². The minimum atomic E-state index is 0. The smallest absolute Gasteiger partial charge is 0.191 e. The van der Waals surface area contributed by atoms with Crippen LogP contribution in [0, 0.1) is 0 Å². The van der Waals surface area contributed by atoms with E-state index in [1.54, 1.807) is 21.3 Å². The van der Waals surface area contributed by atoms with Crippen LogP contribution in [0.3, 0.4) is 0 Å². The molecule has 1 aliphatic heterocycles. The van der Waals surface area contributed by atoms with Crippen LogP contribution in [-0.2, 0) is 17.9 Å². The monoisotopic (exact) mass is 554 g/mol. The second-order valence-electron chi connectivity index (χ2n) is 7.53. The quantitative estimate of drug-likeness (QED) is 0.279. The van der Waals surface area contributed by atoms with Gasteiger partial charge in [-0.1, -0.05) is 24.3 Å². The summed E-state index contributed by atoms with van der Waals surface area (Å²) in [6, 6.07) is 14.8. The largest absolute Gasteiger partial charge is 0.497 e. The predicted octanol–water partition coefficient (Wildman–Crippen LogP) is 3.80. The molecule has 1 unspecified atom stereocenters. The molecule has 1 fully saturated rings. The Kier molecular flexibility index (Phi) is 10.9. The van der Waals surface area contributed by atoms with Crippen molar-refractivity contribution in [1.82, 2.24) is 10.6 Å². The molecule has 0 amide bonds. The van der Waals surface area contributed by atoms with E-state index in [1.807, 2.05) is 25.1 Å². The maximum absolute atomic E-state index is 5.45. The van der Waals surface area contributed by atoms with E-state index in [0.29, 0.717) is 12.6 Å². The molecule has 176 valence electrons. The number of hydrogen-bond donors (Lipinski definition) is 2. The van der Waals surface area contributed by atoms with E-state index >= 15 is 0 Å². The van der Waals surface area contributed by atoms with E-state index in [1.165, 1.54) is 11.1 Å². The normalized spacial score (nSPS) is 15.8. The SMILES string of the molecule is CCOCc1ccc(CNC(=NC)NC2CCN(c3cc(OC)cc(OC)c3)C2)cc1.I. The van der Waals surface area contributed by atoms with Crippen molar-refractivity contribution in [3.8, 4) is 11.5 Å². The maximum atomic E-state index is 5.45. The molecule has 1 saturated heterocycles. The molecule has 0 saturated carbocycles. The Bertz CT molecular complexity index is 839. The molecular formula is C24H35IN4O3. The fraction of sp³-hybridized carbons (Fsp3) is 0.458. The van der Waals surface area contributed by atoms with Gasteiger partial charge in [-0.25, -0.2) is 0 Å². The third kappa shape index (κ3) is 7.44. The Morgan fingerprint density at radius 2 is 1.72 bits per heavy atom. The third-order valence-corrected chi connectivity index (χ3v) is 5.41. The van der Waals surface area contributed by atoms with E-state index in [4.69, 9.17) is 14.2 Å². The molecule has 0 spiro atoms. The summed E-state index contributed by atoms with van der Waals surface area (Å²) in [5.41, 5.74) is 3.50. The number of anilines is 1. The second-order valence-corrected chi connectivity index (χ2v) is 7.53. The Morgan fingerprint density at radius 3 is 2.31 bits per heavy atom. The van der Waals surface area contributed by atoms with Crippen LogP contribution in [-0.4, -0.2) is 53.0 Å². The lowest BCUT2D eigenvalue weighted by atomic mass is 10.1. The summed E-state index contributed by atoms with van der Waals surface area (Å²) in [6.45, 7) is 5.97. The summed E-state index contributed by atoms with van der Waals surface area (Å²) < 4.78 is 16.3. The van der Waals surface area contributed by atoms with Crippen molar-refractivity contribution in [1.29, 1.82) is 0 Å². The predicted molar refractivity (Wildman–Crippen MR) is 141 cm³/mol. The average Bonchev–Trinajstić information content (AvgIpc) is 3.29. The molecule has 1 atom stereocenters. The fourth-order valence-corrected chi connectivity index (χ4v) is 3.63. The molecule has 1 heterocycles. The van der Waals surface area contributed by atoms with Crippen LogP contribution in [0.15, 0.2) is 47.5 Å². The number of nitrogens with one attached hydrogen (secondary N) is 2. The summed E-state index contributed by atoms with van der Waals surface area (Å²) in [5, 5.41) is 6.96. The average molecular weight is 554 g/mol. The minimum Gasteiger partial charge on any atom is -0.497 e.